The summed E-state index contributed by atoms with van der Waals surface area (Å²) in [6.45, 7) is 3.78. The van der Waals surface area contributed by atoms with Crippen LogP contribution in [0.3, 0.4) is 0 Å². The maximum atomic E-state index is 13.4. The molecule has 4 heterocycles. The molecular formula is C18H18FN5OS. The molecule has 26 heavy (non-hydrogen) atoms. The number of rotatable bonds is 2. The fraction of sp³-hybridized carbons (Fsp3) is 0.389. The molecule has 5 rings (SSSR count). The Kier molecular flexibility index (Phi) is 3.49. The van der Waals surface area contributed by atoms with E-state index in [0.717, 1.165) is 47.3 Å². The van der Waals surface area contributed by atoms with Crippen molar-refractivity contribution in [3.8, 4) is 0 Å². The number of anilines is 2. The Hall–Kier alpha value is -2.48. The van der Waals surface area contributed by atoms with Crippen LogP contribution in [0, 0.1) is 17.7 Å². The van der Waals surface area contributed by atoms with Crippen molar-refractivity contribution in [1.82, 2.24) is 14.8 Å². The molecule has 0 saturated carbocycles. The molecule has 2 atom stereocenters. The normalized spacial score (nSPS) is 22.4. The van der Waals surface area contributed by atoms with Crippen LogP contribution >= 0.6 is 11.3 Å². The van der Waals surface area contributed by atoms with Crippen LogP contribution < -0.4 is 15.4 Å². The van der Waals surface area contributed by atoms with Crippen molar-refractivity contribution in [3.63, 3.8) is 0 Å². The monoisotopic (exact) mass is 371 g/mol. The smallest absolute Gasteiger partial charge is 0.266 e. The van der Waals surface area contributed by atoms with E-state index in [1.807, 2.05) is 6.07 Å². The third-order valence-corrected chi connectivity index (χ3v) is 6.45. The molecule has 3 aromatic rings. The molecule has 2 fully saturated rings. The van der Waals surface area contributed by atoms with Crippen LogP contribution in [0.5, 0.6) is 0 Å². The minimum absolute atomic E-state index is 0.0911. The summed E-state index contributed by atoms with van der Waals surface area (Å²) in [5.74, 6) is 1.76. The van der Waals surface area contributed by atoms with Gasteiger partial charge in [-0.15, -0.1) is 0 Å². The fourth-order valence-corrected chi connectivity index (χ4v) is 5.03. The van der Waals surface area contributed by atoms with Gasteiger partial charge in [0.15, 0.2) is 5.13 Å². The van der Waals surface area contributed by atoms with Gasteiger partial charge in [0.25, 0.3) is 5.56 Å². The summed E-state index contributed by atoms with van der Waals surface area (Å²) in [6, 6.07) is 8.14. The number of hydrogen-bond acceptors (Lipinski definition) is 6. The zero-order valence-electron chi connectivity index (χ0n) is 14.3. The van der Waals surface area contributed by atoms with E-state index in [1.165, 1.54) is 10.7 Å². The first kappa shape index (κ1) is 15.7. The lowest BCUT2D eigenvalue weighted by Gasteiger charge is -2.22. The zero-order chi connectivity index (χ0) is 17.8. The van der Waals surface area contributed by atoms with Crippen LogP contribution in [0.4, 0.5) is 15.3 Å². The Balaban J connectivity index is 1.33. The molecule has 1 aromatic carbocycles. The first-order chi connectivity index (χ1) is 12.6. The van der Waals surface area contributed by atoms with Gasteiger partial charge in [0, 0.05) is 51.1 Å². The van der Waals surface area contributed by atoms with Gasteiger partial charge in [-0.2, -0.15) is 5.10 Å². The lowest BCUT2D eigenvalue weighted by molar-refractivity contribution is 0.533. The zero-order valence-corrected chi connectivity index (χ0v) is 15.1. The highest BCUT2D eigenvalue weighted by Gasteiger charge is 2.41. The van der Waals surface area contributed by atoms with E-state index in [1.54, 1.807) is 36.6 Å². The minimum atomic E-state index is -0.216. The van der Waals surface area contributed by atoms with E-state index in [0.29, 0.717) is 11.8 Å². The molecule has 2 aromatic heterocycles. The number of nitrogens with zero attached hydrogens (tertiary/aromatic N) is 5. The highest BCUT2D eigenvalue weighted by molar-refractivity contribution is 7.22. The van der Waals surface area contributed by atoms with Gasteiger partial charge in [-0.25, -0.2) is 14.1 Å². The van der Waals surface area contributed by atoms with Crippen molar-refractivity contribution in [1.29, 1.82) is 0 Å². The predicted molar refractivity (Wildman–Crippen MR) is 100 cm³/mol. The Morgan fingerprint density at radius 1 is 1.08 bits per heavy atom. The second kappa shape index (κ2) is 5.77. The molecule has 0 radical (unpaired) electrons. The molecule has 2 aliphatic heterocycles. The van der Waals surface area contributed by atoms with Crippen LogP contribution in [0.2, 0.25) is 0 Å². The molecular weight excluding hydrogens is 353 g/mol. The Morgan fingerprint density at radius 3 is 2.54 bits per heavy atom. The SMILES string of the molecule is Cn1nc(N2CC3CN(c4nc5ccc(F)cc5s4)CC3C2)ccc1=O. The van der Waals surface area contributed by atoms with Crippen molar-refractivity contribution >= 4 is 32.5 Å². The second-order valence-electron chi connectivity index (χ2n) is 7.09. The van der Waals surface area contributed by atoms with Gasteiger partial charge in [-0.1, -0.05) is 11.3 Å². The molecule has 2 unspecified atom stereocenters. The summed E-state index contributed by atoms with van der Waals surface area (Å²) in [5.41, 5.74) is 0.770. The van der Waals surface area contributed by atoms with Crippen LogP contribution in [0.15, 0.2) is 35.1 Å². The van der Waals surface area contributed by atoms with E-state index < -0.39 is 0 Å². The Labute approximate surface area is 153 Å². The number of aromatic nitrogens is 3. The maximum absolute atomic E-state index is 13.4. The predicted octanol–water partition coefficient (Wildman–Crippen LogP) is 2.10. The van der Waals surface area contributed by atoms with Crippen LogP contribution in [0.25, 0.3) is 10.2 Å². The molecule has 0 bridgehead atoms. The largest absolute Gasteiger partial charge is 0.354 e. The van der Waals surface area contributed by atoms with Crippen LogP contribution in [-0.4, -0.2) is 40.9 Å². The van der Waals surface area contributed by atoms with Gasteiger partial charge >= 0.3 is 0 Å². The number of hydrogen-bond donors (Lipinski definition) is 0. The first-order valence-electron chi connectivity index (χ1n) is 8.67. The number of aryl methyl sites for hydroxylation is 1. The minimum Gasteiger partial charge on any atom is -0.354 e. The lowest BCUT2D eigenvalue weighted by atomic mass is 10.0. The van der Waals surface area contributed by atoms with E-state index >= 15 is 0 Å². The van der Waals surface area contributed by atoms with E-state index in [9.17, 15) is 9.18 Å². The number of fused-ring (bicyclic) bond motifs is 2. The molecule has 6 nitrogen and oxygen atoms in total. The van der Waals surface area contributed by atoms with Gasteiger partial charge in [-0.3, -0.25) is 4.79 Å². The molecule has 0 spiro atoms. The number of halogens is 1. The molecule has 0 aliphatic carbocycles. The highest BCUT2D eigenvalue weighted by atomic mass is 32.1. The van der Waals surface area contributed by atoms with Crippen molar-refractivity contribution in [3.05, 3.63) is 46.5 Å². The highest BCUT2D eigenvalue weighted by Crippen LogP contribution is 2.38. The summed E-state index contributed by atoms with van der Waals surface area (Å²) in [4.78, 5) is 20.8. The number of thiazole rings is 1. The molecule has 2 saturated heterocycles. The first-order valence-corrected chi connectivity index (χ1v) is 9.49. The Morgan fingerprint density at radius 2 is 1.81 bits per heavy atom. The van der Waals surface area contributed by atoms with Crippen LogP contribution in [0.1, 0.15) is 0 Å². The summed E-state index contributed by atoms with van der Waals surface area (Å²) >= 11 is 1.56. The Bertz CT molecular complexity index is 1030. The average molecular weight is 371 g/mol. The molecule has 134 valence electrons. The summed E-state index contributed by atoms with van der Waals surface area (Å²) in [5, 5.41) is 5.35. The molecule has 0 N–H and O–H groups in total. The molecule has 2 aliphatic rings. The molecule has 8 heteroatoms. The second-order valence-corrected chi connectivity index (χ2v) is 8.10. The molecule has 0 amide bonds. The van der Waals surface area contributed by atoms with Crippen LogP contribution in [-0.2, 0) is 7.05 Å². The van der Waals surface area contributed by atoms with Crippen molar-refractivity contribution < 1.29 is 4.39 Å². The summed E-state index contributed by atoms with van der Waals surface area (Å²) in [6.07, 6.45) is 0. The standard InChI is InChI=1S/C18H18FN5OS/c1-22-17(25)5-4-16(21-22)23-7-11-9-24(10-12(11)8-23)18-20-14-3-2-13(19)6-15(14)26-18/h2-6,11-12H,7-10H2,1H3. The average Bonchev–Trinajstić information content (AvgIpc) is 3.28. The van der Waals surface area contributed by atoms with Crippen molar-refractivity contribution in [2.24, 2.45) is 18.9 Å². The van der Waals surface area contributed by atoms with Crippen molar-refractivity contribution in [2.45, 2.75) is 0 Å². The maximum Gasteiger partial charge on any atom is 0.266 e. The van der Waals surface area contributed by atoms with E-state index in [-0.39, 0.29) is 11.4 Å². The van der Waals surface area contributed by atoms with Gasteiger partial charge < -0.3 is 9.80 Å². The fourth-order valence-electron chi connectivity index (χ4n) is 4.02. The quantitative estimate of drug-likeness (QED) is 0.691. The lowest BCUT2D eigenvalue weighted by Crippen LogP contribution is -2.30. The van der Waals surface area contributed by atoms with E-state index in [2.05, 4.69) is 19.9 Å². The van der Waals surface area contributed by atoms with Gasteiger partial charge in [-0.05, 0) is 24.3 Å². The van der Waals surface area contributed by atoms with E-state index in [4.69, 9.17) is 0 Å². The van der Waals surface area contributed by atoms with Gasteiger partial charge in [0.2, 0.25) is 0 Å². The van der Waals surface area contributed by atoms with Gasteiger partial charge in [0.05, 0.1) is 10.2 Å². The van der Waals surface area contributed by atoms with Gasteiger partial charge in [0.1, 0.15) is 11.6 Å². The third-order valence-electron chi connectivity index (χ3n) is 5.37. The number of benzene rings is 1. The third kappa shape index (κ3) is 2.56. The summed E-state index contributed by atoms with van der Waals surface area (Å²) < 4.78 is 15.7. The summed E-state index contributed by atoms with van der Waals surface area (Å²) in [7, 11) is 1.68. The topological polar surface area (TPSA) is 54.3 Å². The van der Waals surface area contributed by atoms with Crippen molar-refractivity contribution in [2.75, 3.05) is 36.0 Å².